The maximum absolute atomic E-state index is 13.2. The maximum Gasteiger partial charge on any atom is 0.255 e. The van der Waals surface area contributed by atoms with Crippen molar-refractivity contribution in [3.8, 4) is 0 Å². The molecule has 8 nitrogen and oxygen atoms in total. The summed E-state index contributed by atoms with van der Waals surface area (Å²) in [6.07, 6.45) is 0.639. The van der Waals surface area contributed by atoms with Crippen LogP contribution in [0.2, 0.25) is 0 Å². The van der Waals surface area contributed by atoms with E-state index in [0.29, 0.717) is 31.6 Å². The maximum atomic E-state index is 13.2. The van der Waals surface area contributed by atoms with Gasteiger partial charge in [0.2, 0.25) is 11.8 Å². The Morgan fingerprint density at radius 1 is 0.970 bits per heavy atom. The first-order valence-electron chi connectivity index (χ1n) is 11.6. The summed E-state index contributed by atoms with van der Waals surface area (Å²) in [5.41, 5.74) is 5.00. The molecule has 0 aliphatic carbocycles. The number of benzene rings is 2. The fourth-order valence-corrected chi connectivity index (χ4v) is 4.93. The van der Waals surface area contributed by atoms with E-state index in [9.17, 15) is 14.4 Å². The van der Waals surface area contributed by atoms with E-state index >= 15 is 0 Å². The van der Waals surface area contributed by atoms with Gasteiger partial charge >= 0.3 is 0 Å². The van der Waals surface area contributed by atoms with E-state index in [1.165, 1.54) is 11.3 Å². The average Bonchev–Trinajstić information content (AvgIpc) is 3.17. The number of anilines is 1. The summed E-state index contributed by atoms with van der Waals surface area (Å²) in [5, 5.41) is 9.19. The Morgan fingerprint density at radius 2 is 1.76 bits per heavy atom. The molecular weight excluding hydrogens is 418 g/mol. The minimum Gasteiger partial charge on any atom is -0.369 e. The zero-order chi connectivity index (χ0) is 22.8. The lowest BCUT2D eigenvalue weighted by atomic mass is 10.0. The molecule has 0 aromatic heterocycles. The van der Waals surface area contributed by atoms with Crippen LogP contribution >= 0.6 is 0 Å². The SMILES string of the molecule is O=C1CCC(N2Cc3cccc(CNCc4ccc(N5CCNCC5)cc4)c3C2=O)C(=O)N1. The van der Waals surface area contributed by atoms with E-state index in [1.807, 2.05) is 18.2 Å². The van der Waals surface area contributed by atoms with Crippen molar-refractivity contribution in [1.29, 1.82) is 0 Å². The molecule has 172 valence electrons. The van der Waals surface area contributed by atoms with Gasteiger partial charge in [-0.25, -0.2) is 0 Å². The molecule has 3 aliphatic rings. The van der Waals surface area contributed by atoms with E-state index in [2.05, 4.69) is 45.1 Å². The quantitative estimate of drug-likeness (QED) is 0.576. The van der Waals surface area contributed by atoms with Crippen LogP contribution in [0.15, 0.2) is 42.5 Å². The topological polar surface area (TPSA) is 93.8 Å². The van der Waals surface area contributed by atoms with Gasteiger partial charge in [-0.1, -0.05) is 30.3 Å². The molecule has 2 aromatic carbocycles. The van der Waals surface area contributed by atoms with E-state index in [1.54, 1.807) is 4.90 Å². The Balaban J connectivity index is 1.21. The van der Waals surface area contributed by atoms with Crippen LogP contribution in [-0.2, 0) is 29.2 Å². The van der Waals surface area contributed by atoms with Crippen molar-refractivity contribution in [3.05, 3.63) is 64.7 Å². The highest BCUT2D eigenvalue weighted by atomic mass is 16.2. The first kappa shape index (κ1) is 21.6. The number of hydrogen-bond acceptors (Lipinski definition) is 6. The molecule has 2 aromatic rings. The van der Waals surface area contributed by atoms with Crippen LogP contribution in [0.3, 0.4) is 0 Å². The summed E-state index contributed by atoms with van der Waals surface area (Å²) >= 11 is 0. The van der Waals surface area contributed by atoms with E-state index in [-0.39, 0.29) is 24.1 Å². The minimum atomic E-state index is -0.586. The van der Waals surface area contributed by atoms with Gasteiger partial charge in [0.05, 0.1) is 0 Å². The summed E-state index contributed by atoms with van der Waals surface area (Å²) in [4.78, 5) is 40.9. The highest BCUT2D eigenvalue weighted by molar-refractivity contribution is 6.06. The van der Waals surface area contributed by atoms with Crippen LogP contribution < -0.4 is 20.9 Å². The van der Waals surface area contributed by atoms with Gasteiger partial charge in [0.25, 0.3) is 5.91 Å². The van der Waals surface area contributed by atoms with Crippen molar-refractivity contribution >= 4 is 23.4 Å². The van der Waals surface area contributed by atoms with Gasteiger partial charge in [-0.3, -0.25) is 19.7 Å². The molecule has 8 heteroatoms. The molecule has 3 amide bonds. The Hall–Kier alpha value is -3.23. The van der Waals surface area contributed by atoms with Gasteiger partial charge in [0.1, 0.15) is 6.04 Å². The molecule has 5 rings (SSSR count). The summed E-state index contributed by atoms with van der Waals surface area (Å²) < 4.78 is 0. The second kappa shape index (κ2) is 9.33. The van der Waals surface area contributed by atoms with Gasteiger partial charge in [-0.2, -0.15) is 0 Å². The second-order valence-corrected chi connectivity index (χ2v) is 8.86. The number of rotatable bonds is 6. The smallest absolute Gasteiger partial charge is 0.255 e. The number of nitrogens with zero attached hydrogens (tertiary/aromatic N) is 2. The standard InChI is InChI=1S/C25H29N5O3/c31-22-9-8-21(24(32)28-22)30-16-19-3-1-2-18(23(19)25(30)33)15-27-14-17-4-6-20(7-5-17)29-12-10-26-11-13-29/h1-7,21,26-27H,8-16H2,(H,28,31,32). The van der Waals surface area contributed by atoms with Crippen molar-refractivity contribution in [2.75, 3.05) is 31.1 Å². The Bertz CT molecular complexity index is 1060. The van der Waals surface area contributed by atoms with Crippen molar-refractivity contribution in [2.24, 2.45) is 0 Å². The van der Waals surface area contributed by atoms with Gasteiger partial charge in [-0.15, -0.1) is 0 Å². The number of carbonyl (C=O) groups excluding carboxylic acids is 3. The number of fused-ring (bicyclic) bond motifs is 1. The minimum absolute atomic E-state index is 0.128. The van der Waals surface area contributed by atoms with Gasteiger partial charge in [0.15, 0.2) is 0 Å². The normalized spacial score (nSPS) is 20.7. The van der Waals surface area contributed by atoms with Crippen molar-refractivity contribution in [1.82, 2.24) is 20.9 Å². The molecule has 0 saturated carbocycles. The molecule has 1 unspecified atom stereocenters. The molecule has 3 N–H and O–H groups in total. The van der Waals surface area contributed by atoms with Crippen LogP contribution in [0, 0.1) is 0 Å². The predicted molar refractivity (Wildman–Crippen MR) is 125 cm³/mol. The monoisotopic (exact) mass is 447 g/mol. The predicted octanol–water partition coefficient (Wildman–Crippen LogP) is 1.15. The number of hydrogen-bond donors (Lipinski definition) is 3. The highest BCUT2D eigenvalue weighted by Gasteiger charge is 2.39. The molecule has 2 fully saturated rings. The lowest BCUT2D eigenvalue weighted by Gasteiger charge is -2.29. The van der Waals surface area contributed by atoms with Crippen molar-refractivity contribution < 1.29 is 14.4 Å². The third-order valence-corrected chi connectivity index (χ3v) is 6.70. The number of piperidine rings is 1. The van der Waals surface area contributed by atoms with E-state index in [0.717, 1.165) is 37.3 Å². The van der Waals surface area contributed by atoms with E-state index in [4.69, 9.17) is 0 Å². The van der Waals surface area contributed by atoms with Crippen molar-refractivity contribution in [2.45, 2.75) is 38.5 Å². The molecule has 3 aliphatic heterocycles. The summed E-state index contributed by atoms with van der Waals surface area (Å²) in [5.74, 6) is -0.778. The van der Waals surface area contributed by atoms with Crippen LogP contribution in [0.1, 0.15) is 39.9 Å². The molecule has 33 heavy (non-hydrogen) atoms. The fourth-order valence-electron chi connectivity index (χ4n) is 4.93. The summed E-state index contributed by atoms with van der Waals surface area (Å²) in [6, 6.07) is 13.9. The largest absolute Gasteiger partial charge is 0.369 e. The number of amides is 3. The molecule has 0 radical (unpaired) electrons. The number of carbonyl (C=O) groups is 3. The van der Waals surface area contributed by atoms with Crippen molar-refractivity contribution in [3.63, 3.8) is 0 Å². The second-order valence-electron chi connectivity index (χ2n) is 8.86. The van der Waals surface area contributed by atoms with E-state index < -0.39 is 6.04 Å². The van der Waals surface area contributed by atoms with Gasteiger partial charge in [-0.05, 0) is 35.2 Å². The molecule has 0 spiro atoms. The lowest BCUT2D eigenvalue weighted by molar-refractivity contribution is -0.136. The first-order chi connectivity index (χ1) is 16.1. The molecule has 0 bridgehead atoms. The Labute approximate surface area is 193 Å². The molecule has 1 atom stereocenters. The lowest BCUT2D eigenvalue weighted by Crippen LogP contribution is -2.52. The third kappa shape index (κ3) is 4.49. The zero-order valence-electron chi connectivity index (χ0n) is 18.6. The number of imide groups is 1. The summed E-state index contributed by atoms with van der Waals surface area (Å²) in [6.45, 7) is 5.77. The summed E-state index contributed by atoms with van der Waals surface area (Å²) in [7, 11) is 0. The first-order valence-corrected chi connectivity index (χ1v) is 11.6. The molecular formula is C25H29N5O3. The average molecular weight is 448 g/mol. The number of piperazine rings is 1. The third-order valence-electron chi connectivity index (χ3n) is 6.70. The van der Waals surface area contributed by atoms with Crippen LogP contribution in [-0.4, -0.2) is 54.8 Å². The highest BCUT2D eigenvalue weighted by Crippen LogP contribution is 2.29. The van der Waals surface area contributed by atoms with Gasteiger partial charge in [0, 0.05) is 63.5 Å². The fraction of sp³-hybridized carbons (Fsp3) is 0.400. The molecule has 2 saturated heterocycles. The Morgan fingerprint density at radius 3 is 2.52 bits per heavy atom. The van der Waals surface area contributed by atoms with Crippen LogP contribution in [0.25, 0.3) is 0 Å². The van der Waals surface area contributed by atoms with Gasteiger partial charge < -0.3 is 20.4 Å². The Kier molecular flexibility index (Phi) is 6.11. The number of nitrogens with one attached hydrogen (secondary N) is 3. The molecule has 3 heterocycles. The zero-order valence-corrected chi connectivity index (χ0v) is 18.6. The van der Waals surface area contributed by atoms with Crippen LogP contribution in [0.4, 0.5) is 5.69 Å². The van der Waals surface area contributed by atoms with Crippen LogP contribution in [0.5, 0.6) is 0 Å².